The Morgan fingerprint density at radius 1 is 0.636 bits per heavy atom. The van der Waals surface area contributed by atoms with E-state index in [0.29, 0.717) is 11.9 Å². The van der Waals surface area contributed by atoms with Crippen LogP contribution >= 0.6 is 0 Å². The largest absolute Gasteiger partial charge is 0.497 e. The molecule has 0 aliphatic carbocycles. The Morgan fingerprint density at radius 2 is 1.15 bits per heavy atom. The standard InChI is InChI=1S/C24H23N7O2/c1-32-20-12-8-17(9-13-20)16-25-31-24-29-22(26-18-6-4-3-5-7-18)28-23(30-24)27-19-10-14-21(33-2)15-11-19/h3-16H,1-2H3,(H3,26,27,28,29,30,31)/b25-16-. The molecular weight excluding hydrogens is 418 g/mol. The van der Waals surface area contributed by atoms with Crippen LogP contribution in [0.3, 0.4) is 0 Å². The van der Waals surface area contributed by atoms with Crippen molar-refractivity contribution < 1.29 is 9.47 Å². The molecule has 0 aliphatic heterocycles. The van der Waals surface area contributed by atoms with Crippen LogP contribution < -0.4 is 25.5 Å². The molecule has 0 unspecified atom stereocenters. The molecule has 3 N–H and O–H groups in total. The maximum atomic E-state index is 5.21. The first-order valence-electron chi connectivity index (χ1n) is 10.1. The molecule has 0 atom stereocenters. The smallest absolute Gasteiger partial charge is 0.250 e. The van der Waals surface area contributed by atoms with Gasteiger partial charge in [0.2, 0.25) is 17.8 Å². The quantitative estimate of drug-likeness (QED) is 0.251. The van der Waals surface area contributed by atoms with E-state index in [4.69, 9.17) is 9.47 Å². The number of hydrogen-bond donors (Lipinski definition) is 3. The van der Waals surface area contributed by atoms with Gasteiger partial charge in [-0.1, -0.05) is 18.2 Å². The van der Waals surface area contributed by atoms with Crippen molar-refractivity contribution in [1.82, 2.24) is 15.0 Å². The monoisotopic (exact) mass is 441 g/mol. The summed E-state index contributed by atoms with van der Waals surface area (Å²) in [6.45, 7) is 0. The Morgan fingerprint density at radius 3 is 1.73 bits per heavy atom. The van der Waals surface area contributed by atoms with Crippen LogP contribution in [0.4, 0.5) is 29.2 Å². The zero-order valence-corrected chi connectivity index (χ0v) is 18.2. The fraction of sp³-hybridized carbons (Fsp3) is 0.0833. The number of ether oxygens (including phenoxy) is 2. The SMILES string of the molecule is COc1ccc(/C=N\Nc2nc(Nc3ccccc3)nc(Nc3ccc(OC)cc3)n2)cc1. The van der Waals surface area contributed by atoms with E-state index in [1.54, 1.807) is 20.4 Å². The Bertz CT molecular complexity index is 1200. The maximum Gasteiger partial charge on any atom is 0.250 e. The summed E-state index contributed by atoms with van der Waals surface area (Å²) in [7, 11) is 3.25. The van der Waals surface area contributed by atoms with Gasteiger partial charge in [-0.25, -0.2) is 5.43 Å². The molecule has 1 heterocycles. The lowest BCUT2D eigenvalue weighted by atomic mass is 10.2. The van der Waals surface area contributed by atoms with Crippen LogP contribution in [0.25, 0.3) is 0 Å². The number of nitrogens with one attached hydrogen (secondary N) is 3. The number of methoxy groups -OCH3 is 2. The average molecular weight is 441 g/mol. The van der Waals surface area contributed by atoms with Crippen molar-refractivity contribution in [2.45, 2.75) is 0 Å². The molecule has 0 saturated carbocycles. The lowest BCUT2D eigenvalue weighted by Gasteiger charge is -2.10. The van der Waals surface area contributed by atoms with Gasteiger partial charge in [0.05, 0.1) is 20.4 Å². The van der Waals surface area contributed by atoms with E-state index in [0.717, 1.165) is 28.4 Å². The second kappa shape index (κ2) is 10.6. The molecule has 4 rings (SSSR count). The highest BCUT2D eigenvalue weighted by Crippen LogP contribution is 2.20. The van der Waals surface area contributed by atoms with Crippen molar-refractivity contribution in [3.63, 3.8) is 0 Å². The van der Waals surface area contributed by atoms with Gasteiger partial charge in [0.25, 0.3) is 0 Å². The molecule has 0 fully saturated rings. The molecule has 0 radical (unpaired) electrons. The van der Waals surface area contributed by atoms with E-state index in [2.05, 4.69) is 36.1 Å². The van der Waals surface area contributed by atoms with Crippen LogP contribution in [0.5, 0.6) is 11.5 Å². The number of hydrogen-bond acceptors (Lipinski definition) is 9. The Kier molecular flexibility index (Phi) is 6.92. The van der Waals surface area contributed by atoms with Gasteiger partial charge in [0.15, 0.2) is 0 Å². The van der Waals surface area contributed by atoms with Crippen molar-refractivity contribution in [3.05, 3.63) is 84.4 Å². The van der Waals surface area contributed by atoms with Crippen LogP contribution in [-0.4, -0.2) is 35.4 Å². The molecule has 33 heavy (non-hydrogen) atoms. The summed E-state index contributed by atoms with van der Waals surface area (Å²) in [5, 5.41) is 10.6. The summed E-state index contributed by atoms with van der Waals surface area (Å²) in [5.74, 6) is 2.55. The Hall–Kier alpha value is -4.66. The summed E-state index contributed by atoms with van der Waals surface area (Å²) in [6.07, 6.45) is 1.67. The summed E-state index contributed by atoms with van der Waals surface area (Å²) in [4.78, 5) is 13.3. The third-order valence-corrected chi connectivity index (χ3v) is 4.51. The minimum atomic E-state index is 0.282. The third kappa shape index (κ3) is 6.17. The zero-order valence-electron chi connectivity index (χ0n) is 18.2. The number of aromatic nitrogens is 3. The van der Waals surface area contributed by atoms with E-state index in [9.17, 15) is 0 Å². The topological polar surface area (TPSA) is 106 Å². The molecule has 3 aromatic carbocycles. The summed E-state index contributed by atoms with van der Waals surface area (Å²) < 4.78 is 10.4. The molecule has 0 saturated heterocycles. The minimum absolute atomic E-state index is 0.282. The van der Waals surface area contributed by atoms with Gasteiger partial charge in [-0.05, 0) is 66.2 Å². The number of rotatable bonds is 9. The van der Waals surface area contributed by atoms with Gasteiger partial charge >= 0.3 is 0 Å². The molecule has 0 spiro atoms. The van der Waals surface area contributed by atoms with Gasteiger partial charge in [-0.3, -0.25) is 0 Å². The van der Waals surface area contributed by atoms with Crippen LogP contribution in [-0.2, 0) is 0 Å². The number of hydrazone groups is 1. The van der Waals surface area contributed by atoms with Crippen molar-refractivity contribution in [2.24, 2.45) is 5.10 Å². The lowest BCUT2D eigenvalue weighted by molar-refractivity contribution is 0.414. The van der Waals surface area contributed by atoms with Crippen LogP contribution in [0.15, 0.2) is 84.0 Å². The predicted molar refractivity (Wildman–Crippen MR) is 130 cm³/mol. The first-order chi connectivity index (χ1) is 16.2. The highest BCUT2D eigenvalue weighted by atomic mass is 16.5. The molecular formula is C24H23N7O2. The van der Waals surface area contributed by atoms with Crippen molar-refractivity contribution in [1.29, 1.82) is 0 Å². The number of anilines is 5. The van der Waals surface area contributed by atoms with Crippen LogP contribution in [0, 0.1) is 0 Å². The number of nitrogens with zero attached hydrogens (tertiary/aromatic N) is 4. The summed E-state index contributed by atoms with van der Waals surface area (Å²) in [5.41, 5.74) is 5.43. The number of para-hydroxylation sites is 1. The molecule has 1 aromatic heterocycles. The third-order valence-electron chi connectivity index (χ3n) is 4.51. The van der Waals surface area contributed by atoms with E-state index in [-0.39, 0.29) is 5.95 Å². The molecule has 4 aromatic rings. The van der Waals surface area contributed by atoms with E-state index >= 15 is 0 Å². The Balaban J connectivity index is 1.54. The maximum absolute atomic E-state index is 5.21. The summed E-state index contributed by atoms with van der Waals surface area (Å²) in [6, 6.07) is 24.6. The fourth-order valence-corrected chi connectivity index (χ4v) is 2.85. The van der Waals surface area contributed by atoms with Crippen molar-refractivity contribution >= 4 is 35.4 Å². The fourth-order valence-electron chi connectivity index (χ4n) is 2.85. The molecule has 0 aliphatic rings. The highest BCUT2D eigenvalue weighted by molar-refractivity contribution is 5.80. The minimum Gasteiger partial charge on any atom is -0.497 e. The van der Waals surface area contributed by atoms with Gasteiger partial charge in [0.1, 0.15) is 11.5 Å². The van der Waals surface area contributed by atoms with E-state index in [1.165, 1.54) is 0 Å². The van der Waals surface area contributed by atoms with Gasteiger partial charge < -0.3 is 20.1 Å². The zero-order chi connectivity index (χ0) is 22.9. The van der Waals surface area contributed by atoms with Crippen molar-refractivity contribution in [2.75, 3.05) is 30.3 Å². The normalized spacial score (nSPS) is 10.6. The first kappa shape index (κ1) is 21.6. The molecule has 0 amide bonds. The van der Waals surface area contributed by atoms with Crippen LogP contribution in [0.2, 0.25) is 0 Å². The van der Waals surface area contributed by atoms with E-state index in [1.807, 2.05) is 78.9 Å². The first-order valence-corrected chi connectivity index (χ1v) is 10.1. The predicted octanol–water partition coefficient (Wildman–Crippen LogP) is 4.82. The molecule has 0 bridgehead atoms. The second-order valence-corrected chi connectivity index (χ2v) is 6.79. The van der Waals surface area contributed by atoms with Gasteiger partial charge in [0, 0.05) is 11.4 Å². The lowest BCUT2D eigenvalue weighted by Crippen LogP contribution is -2.07. The molecule has 9 nitrogen and oxygen atoms in total. The second-order valence-electron chi connectivity index (χ2n) is 6.79. The highest BCUT2D eigenvalue weighted by Gasteiger charge is 2.08. The van der Waals surface area contributed by atoms with Crippen molar-refractivity contribution in [3.8, 4) is 11.5 Å². The molecule has 166 valence electrons. The molecule has 9 heteroatoms. The average Bonchev–Trinajstić information content (AvgIpc) is 2.85. The number of benzene rings is 3. The van der Waals surface area contributed by atoms with Crippen LogP contribution in [0.1, 0.15) is 5.56 Å². The Labute approximate surface area is 191 Å². The summed E-state index contributed by atoms with van der Waals surface area (Å²) >= 11 is 0. The van der Waals surface area contributed by atoms with Gasteiger partial charge in [-0.15, -0.1) is 0 Å². The van der Waals surface area contributed by atoms with E-state index < -0.39 is 0 Å². The van der Waals surface area contributed by atoms with Gasteiger partial charge in [-0.2, -0.15) is 20.1 Å².